The summed E-state index contributed by atoms with van der Waals surface area (Å²) in [5, 5.41) is 8.01. The third-order valence-corrected chi connectivity index (χ3v) is 3.42. The van der Waals surface area contributed by atoms with Crippen LogP contribution in [0.5, 0.6) is 0 Å². The number of nitrogens with one attached hydrogen (secondary N) is 3. The lowest BCUT2D eigenvalue weighted by Gasteiger charge is -2.25. The third-order valence-electron chi connectivity index (χ3n) is 3.42. The van der Waals surface area contributed by atoms with Gasteiger partial charge in [0.1, 0.15) is 0 Å². The molecule has 0 aliphatic rings. The van der Waals surface area contributed by atoms with Crippen molar-refractivity contribution in [1.82, 2.24) is 10.2 Å². The first-order chi connectivity index (χ1) is 10.9. The lowest BCUT2D eigenvalue weighted by Crippen LogP contribution is -2.47. The normalized spacial score (nSPS) is 11.7. The van der Waals surface area contributed by atoms with Crippen molar-refractivity contribution in [3.63, 3.8) is 0 Å². The van der Waals surface area contributed by atoms with Crippen molar-refractivity contribution in [3.8, 4) is 0 Å². The fraction of sp³-hybridized carbons (Fsp3) is 0.438. The summed E-state index contributed by atoms with van der Waals surface area (Å²) in [4.78, 5) is 36.5. The highest BCUT2D eigenvalue weighted by atomic mass is 16.2. The molecule has 1 atom stereocenters. The molecule has 0 aromatic heterocycles. The molecular formula is C16H24N4O3. The van der Waals surface area contributed by atoms with Crippen LogP contribution in [0.2, 0.25) is 0 Å². The molecule has 0 spiro atoms. The van der Waals surface area contributed by atoms with Crippen LogP contribution in [0.15, 0.2) is 24.3 Å². The van der Waals surface area contributed by atoms with E-state index in [1.165, 1.54) is 6.92 Å². The summed E-state index contributed by atoms with van der Waals surface area (Å²) in [6.07, 6.45) is 0. The van der Waals surface area contributed by atoms with Crippen molar-refractivity contribution in [2.24, 2.45) is 0 Å². The molecule has 0 aliphatic heterocycles. The lowest BCUT2D eigenvalue weighted by atomic mass is 10.2. The van der Waals surface area contributed by atoms with Crippen LogP contribution in [0.4, 0.5) is 11.4 Å². The highest BCUT2D eigenvalue weighted by Gasteiger charge is 2.21. The SMILES string of the molecule is CCN(CC(=O)Nc1ccc(NC(C)=O)cc1)[C@H](C)C(=O)NC. The zero-order valence-corrected chi connectivity index (χ0v) is 14.0. The van der Waals surface area contributed by atoms with Gasteiger partial charge in [0.2, 0.25) is 17.7 Å². The molecule has 7 heteroatoms. The molecule has 0 aliphatic carbocycles. The smallest absolute Gasteiger partial charge is 0.238 e. The Bertz CT molecular complexity index is 557. The van der Waals surface area contributed by atoms with Crippen LogP contribution in [0, 0.1) is 0 Å². The molecule has 0 saturated heterocycles. The number of nitrogens with zero attached hydrogens (tertiary/aromatic N) is 1. The number of likely N-dealkylation sites (N-methyl/N-ethyl adjacent to an activating group) is 2. The molecule has 0 heterocycles. The summed E-state index contributed by atoms with van der Waals surface area (Å²) in [5.41, 5.74) is 1.30. The first kappa shape index (κ1) is 18.6. The van der Waals surface area contributed by atoms with Crippen LogP contribution in [0.25, 0.3) is 0 Å². The zero-order chi connectivity index (χ0) is 17.4. The number of carbonyl (C=O) groups is 3. The predicted octanol–water partition coefficient (Wildman–Crippen LogP) is 1.04. The number of amides is 3. The number of benzene rings is 1. The Morgan fingerprint density at radius 3 is 2.04 bits per heavy atom. The van der Waals surface area contributed by atoms with Gasteiger partial charge in [-0.2, -0.15) is 0 Å². The van der Waals surface area contributed by atoms with Crippen molar-refractivity contribution < 1.29 is 14.4 Å². The minimum absolute atomic E-state index is 0.124. The Labute approximate surface area is 136 Å². The lowest BCUT2D eigenvalue weighted by molar-refractivity contribution is -0.126. The topological polar surface area (TPSA) is 90.5 Å². The molecule has 3 amide bonds. The number of hydrogen-bond donors (Lipinski definition) is 3. The maximum Gasteiger partial charge on any atom is 0.238 e. The zero-order valence-electron chi connectivity index (χ0n) is 14.0. The van der Waals surface area contributed by atoms with Crippen molar-refractivity contribution in [1.29, 1.82) is 0 Å². The van der Waals surface area contributed by atoms with E-state index in [0.717, 1.165) is 0 Å². The summed E-state index contributed by atoms with van der Waals surface area (Å²) in [5.74, 6) is -0.474. The van der Waals surface area contributed by atoms with Crippen LogP contribution < -0.4 is 16.0 Å². The molecule has 1 aromatic rings. The molecule has 0 radical (unpaired) electrons. The molecular weight excluding hydrogens is 296 g/mol. The van der Waals surface area contributed by atoms with Crippen molar-refractivity contribution in [2.45, 2.75) is 26.8 Å². The largest absolute Gasteiger partial charge is 0.358 e. The molecule has 1 aromatic carbocycles. The first-order valence-corrected chi connectivity index (χ1v) is 7.50. The van der Waals surface area contributed by atoms with Crippen molar-refractivity contribution >= 4 is 29.1 Å². The number of anilines is 2. The van der Waals surface area contributed by atoms with Crippen LogP contribution in [0.3, 0.4) is 0 Å². The monoisotopic (exact) mass is 320 g/mol. The Hall–Kier alpha value is -2.41. The summed E-state index contributed by atoms with van der Waals surface area (Å²) in [6.45, 7) is 5.80. The van der Waals surface area contributed by atoms with E-state index >= 15 is 0 Å². The standard InChI is InChI=1S/C16H24N4O3/c1-5-20(11(2)16(23)17-4)10-15(22)19-14-8-6-13(7-9-14)18-12(3)21/h6-9,11H,5,10H2,1-4H3,(H,17,23)(H,18,21)(H,19,22)/t11-/m1/s1. The van der Waals surface area contributed by atoms with Crippen molar-refractivity contribution in [3.05, 3.63) is 24.3 Å². The summed E-state index contributed by atoms with van der Waals surface area (Å²) in [6, 6.07) is 6.46. The average Bonchev–Trinajstić information content (AvgIpc) is 2.52. The molecule has 0 unspecified atom stereocenters. The van der Waals surface area contributed by atoms with E-state index in [1.54, 1.807) is 43.1 Å². The number of rotatable bonds is 7. The fourth-order valence-corrected chi connectivity index (χ4v) is 2.12. The Morgan fingerprint density at radius 1 is 1.09 bits per heavy atom. The summed E-state index contributed by atoms with van der Waals surface area (Å²) < 4.78 is 0. The van der Waals surface area contributed by atoms with Gasteiger partial charge in [0.05, 0.1) is 12.6 Å². The van der Waals surface area contributed by atoms with Gasteiger partial charge >= 0.3 is 0 Å². The fourth-order valence-electron chi connectivity index (χ4n) is 2.12. The van der Waals surface area contributed by atoms with Gasteiger partial charge in [-0.15, -0.1) is 0 Å². The molecule has 126 valence electrons. The highest BCUT2D eigenvalue weighted by molar-refractivity contribution is 5.93. The second-order valence-electron chi connectivity index (χ2n) is 5.16. The second kappa shape index (κ2) is 8.89. The van der Waals surface area contributed by atoms with E-state index in [2.05, 4.69) is 16.0 Å². The van der Waals surface area contributed by atoms with Gasteiger partial charge < -0.3 is 16.0 Å². The quantitative estimate of drug-likeness (QED) is 0.700. The third kappa shape index (κ3) is 6.07. The van der Waals surface area contributed by atoms with Gasteiger partial charge in [0.15, 0.2) is 0 Å². The van der Waals surface area contributed by atoms with E-state index in [1.807, 2.05) is 6.92 Å². The molecule has 7 nitrogen and oxygen atoms in total. The molecule has 3 N–H and O–H groups in total. The van der Waals surface area contributed by atoms with E-state index in [-0.39, 0.29) is 30.3 Å². The van der Waals surface area contributed by atoms with Gasteiger partial charge in [0.25, 0.3) is 0 Å². The van der Waals surface area contributed by atoms with Gasteiger partial charge in [-0.25, -0.2) is 0 Å². The predicted molar refractivity (Wildman–Crippen MR) is 90.2 cm³/mol. The van der Waals surface area contributed by atoms with E-state index in [9.17, 15) is 14.4 Å². The Balaban J connectivity index is 2.61. The van der Waals surface area contributed by atoms with Crippen LogP contribution in [-0.4, -0.2) is 48.8 Å². The van der Waals surface area contributed by atoms with E-state index < -0.39 is 0 Å². The minimum Gasteiger partial charge on any atom is -0.358 e. The minimum atomic E-state index is -0.377. The molecule has 0 bridgehead atoms. The maximum absolute atomic E-state index is 12.1. The maximum atomic E-state index is 12.1. The van der Waals surface area contributed by atoms with E-state index in [0.29, 0.717) is 17.9 Å². The van der Waals surface area contributed by atoms with Crippen molar-refractivity contribution in [2.75, 3.05) is 30.8 Å². The Kier molecular flexibility index (Phi) is 7.21. The van der Waals surface area contributed by atoms with Gasteiger partial charge in [-0.05, 0) is 37.7 Å². The number of carbonyl (C=O) groups excluding carboxylic acids is 3. The summed E-state index contributed by atoms with van der Waals surface area (Å²) in [7, 11) is 1.57. The van der Waals surface area contributed by atoms with Crippen LogP contribution >= 0.6 is 0 Å². The number of hydrogen-bond acceptors (Lipinski definition) is 4. The molecule has 23 heavy (non-hydrogen) atoms. The second-order valence-corrected chi connectivity index (χ2v) is 5.16. The molecule has 1 rings (SSSR count). The van der Waals surface area contributed by atoms with Gasteiger partial charge in [-0.3, -0.25) is 19.3 Å². The van der Waals surface area contributed by atoms with Gasteiger partial charge in [0, 0.05) is 25.3 Å². The molecule has 0 saturated carbocycles. The van der Waals surface area contributed by atoms with Crippen LogP contribution in [0.1, 0.15) is 20.8 Å². The van der Waals surface area contributed by atoms with Crippen LogP contribution in [-0.2, 0) is 14.4 Å². The van der Waals surface area contributed by atoms with E-state index in [4.69, 9.17) is 0 Å². The van der Waals surface area contributed by atoms with Gasteiger partial charge in [-0.1, -0.05) is 6.92 Å². The Morgan fingerprint density at radius 2 is 1.61 bits per heavy atom. The first-order valence-electron chi connectivity index (χ1n) is 7.50. The highest BCUT2D eigenvalue weighted by Crippen LogP contribution is 2.13. The average molecular weight is 320 g/mol. The summed E-state index contributed by atoms with van der Waals surface area (Å²) >= 11 is 0. The molecule has 0 fully saturated rings.